The van der Waals surface area contributed by atoms with Crippen molar-refractivity contribution in [2.75, 3.05) is 34.3 Å². The van der Waals surface area contributed by atoms with Crippen LogP contribution in [-0.2, 0) is 4.74 Å². The van der Waals surface area contributed by atoms with Crippen LogP contribution < -0.4 is 0 Å². The predicted octanol–water partition coefficient (Wildman–Crippen LogP) is 2.30. The summed E-state index contributed by atoms with van der Waals surface area (Å²) in [5.74, 6) is 0.316. The third kappa shape index (κ3) is 9.39. The van der Waals surface area contributed by atoms with Crippen molar-refractivity contribution < 1.29 is 14.3 Å². The largest absolute Gasteiger partial charge is 0.509 e. The minimum atomic E-state index is 0.316. The summed E-state index contributed by atoms with van der Waals surface area (Å²) in [7, 11) is 6.55. The van der Waals surface area contributed by atoms with Gasteiger partial charge >= 0.3 is 0 Å². The Morgan fingerprint density at radius 3 is 2.43 bits per heavy atom. The Kier molecular flexibility index (Phi) is 6.37. The summed E-state index contributed by atoms with van der Waals surface area (Å²) in [5.41, 5.74) is 0. The van der Waals surface area contributed by atoms with Gasteiger partial charge in [0.1, 0.15) is 12.0 Å². The minimum absolute atomic E-state index is 0.316. The molecular formula is C11H24NO2+. The van der Waals surface area contributed by atoms with Crippen LogP contribution in [0.5, 0.6) is 0 Å². The molecule has 0 saturated carbocycles. The lowest BCUT2D eigenvalue weighted by molar-refractivity contribution is -0.870. The topological polar surface area (TPSA) is 29.5 Å². The van der Waals surface area contributed by atoms with E-state index in [0.717, 1.165) is 23.9 Å². The van der Waals surface area contributed by atoms with Gasteiger partial charge in [0, 0.05) is 6.42 Å². The smallest absolute Gasteiger partial charge is 0.126 e. The quantitative estimate of drug-likeness (QED) is 0.390. The Balaban J connectivity index is 3.31. The average molecular weight is 202 g/mol. The highest BCUT2D eigenvalue weighted by Gasteiger charge is 2.04. The second kappa shape index (κ2) is 6.71. The Bertz CT molecular complexity index is 171. The number of allylic oxidation sites excluding steroid dienone is 1. The molecule has 0 heterocycles. The Morgan fingerprint density at radius 1 is 1.29 bits per heavy atom. The van der Waals surface area contributed by atoms with Crippen LogP contribution in [0.25, 0.3) is 0 Å². The first-order chi connectivity index (χ1) is 6.45. The molecule has 0 aliphatic heterocycles. The highest BCUT2D eigenvalue weighted by Crippen LogP contribution is 1.99. The third-order valence-corrected chi connectivity index (χ3v) is 1.92. The first kappa shape index (κ1) is 13.3. The van der Waals surface area contributed by atoms with Crippen molar-refractivity contribution in [2.24, 2.45) is 0 Å². The highest BCUT2D eigenvalue weighted by molar-refractivity contribution is 4.81. The van der Waals surface area contributed by atoms with Crippen LogP contribution in [0.3, 0.4) is 0 Å². The second-order valence-electron chi connectivity index (χ2n) is 4.55. The van der Waals surface area contributed by atoms with Crippen molar-refractivity contribution >= 4 is 0 Å². The number of ether oxygens (including phenoxy) is 1. The number of quaternary nitrogens is 1. The van der Waals surface area contributed by atoms with Crippen LogP contribution in [0.2, 0.25) is 0 Å². The summed E-state index contributed by atoms with van der Waals surface area (Å²) in [6.45, 7) is 3.75. The summed E-state index contributed by atoms with van der Waals surface area (Å²) in [4.78, 5) is 0. The Labute approximate surface area is 87.6 Å². The first-order valence-corrected chi connectivity index (χ1v) is 5.26. The van der Waals surface area contributed by atoms with Crippen molar-refractivity contribution in [1.29, 1.82) is 0 Å². The number of rotatable bonds is 7. The molecule has 0 saturated heterocycles. The Hall–Kier alpha value is -0.700. The summed E-state index contributed by atoms with van der Waals surface area (Å²) < 4.78 is 6.18. The van der Waals surface area contributed by atoms with Gasteiger partial charge in [-0.25, -0.2) is 0 Å². The van der Waals surface area contributed by atoms with E-state index in [0.29, 0.717) is 18.8 Å². The fraction of sp³-hybridized carbons (Fsp3) is 0.818. The molecule has 3 heteroatoms. The lowest BCUT2D eigenvalue weighted by Gasteiger charge is -2.23. The van der Waals surface area contributed by atoms with Gasteiger partial charge in [-0.2, -0.15) is 0 Å². The van der Waals surface area contributed by atoms with Gasteiger partial charge in [0.25, 0.3) is 0 Å². The monoisotopic (exact) mass is 202 g/mol. The predicted molar refractivity (Wildman–Crippen MR) is 59.1 cm³/mol. The van der Waals surface area contributed by atoms with Crippen molar-refractivity contribution in [3.8, 4) is 0 Å². The van der Waals surface area contributed by atoms with Gasteiger partial charge in [-0.05, 0) is 12.8 Å². The van der Waals surface area contributed by atoms with Crippen LogP contribution in [-0.4, -0.2) is 43.9 Å². The molecule has 0 unspecified atom stereocenters. The summed E-state index contributed by atoms with van der Waals surface area (Å²) >= 11 is 0. The maximum absolute atomic E-state index is 9.08. The lowest BCUT2D eigenvalue weighted by Crippen LogP contribution is -2.35. The fourth-order valence-electron chi connectivity index (χ4n) is 1.01. The minimum Gasteiger partial charge on any atom is -0.509 e. The number of nitrogens with zero attached hydrogens (tertiary/aromatic N) is 1. The molecule has 14 heavy (non-hydrogen) atoms. The average Bonchev–Trinajstić information content (AvgIpc) is 2.08. The standard InChI is InChI=1S/C11H23NO2/c1-5-11(13)10-14-9-7-6-8-12(2,3)4/h10H,5-9H2,1-4H3/p+1. The van der Waals surface area contributed by atoms with Crippen molar-refractivity contribution in [3.63, 3.8) is 0 Å². The molecule has 0 aromatic carbocycles. The maximum Gasteiger partial charge on any atom is 0.126 e. The van der Waals surface area contributed by atoms with Crippen LogP contribution in [0.15, 0.2) is 12.0 Å². The van der Waals surface area contributed by atoms with Crippen molar-refractivity contribution in [3.05, 3.63) is 12.0 Å². The van der Waals surface area contributed by atoms with Crippen molar-refractivity contribution in [2.45, 2.75) is 26.2 Å². The number of hydrogen-bond acceptors (Lipinski definition) is 2. The van der Waals surface area contributed by atoms with E-state index < -0.39 is 0 Å². The van der Waals surface area contributed by atoms with E-state index in [1.54, 1.807) is 0 Å². The third-order valence-electron chi connectivity index (χ3n) is 1.92. The zero-order valence-electron chi connectivity index (χ0n) is 9.92. The molecule has 1 N–H and O–H groups in total. The van der Waals surface area contributed by atoms with Crippen LogP contribution >= 0.6 is 0 Å². The molecule has 0 aliphatic carbocycles. The van der Waals surface area contributed by atoms with Gasteiger partial charge in [-0.3, -0.25) is 0 Å². The number of hydrogen-bond donors (Lipinski definition) is 1. The molecule has 0 atom stereocenters. The normalized spacial score (nSPS) is 13.0. The van der Waals surface area contributed by atoms with E-state index in [-0.39, 0.29) is 0 Å². The van der Waals surface area contributed by atoms with Crippen molar-refractivity contribution in [1.82, 2.24) is 0 Å². The number of aliphatic hydroxyl groups is 1. The molecule has 0 fully saturated rings. The molecular weight excluding hydrogens is 178 g/mol. The molecule has 0 aromatic heterocycles. The van der Waals surface area contributed by atoms with Gasteiger partial charge in [-0.1, -0.05) is 6.92 Å². The molecule has 0 bridgehead atoms. The number of aliphatic hydroxyl groups excluding tert-OH is 1. The molecule has 3 nitrogen and oxygen atoms in total. The van der Waals surface area contributed by atoms with Gasteiger partial charge in [0.15, 0.2) is 0 Å². The van der Waals surface area contributed by atoms with Gasteiger partial charge < -0.3 is 14.3 Å². The molecule has 0 aliphatic rings. The van der Waals surface area contributed by atoms with E-state index in [9.17, 15) is 0 Å². The molecule has 84 valence electrons. The summed E-state index contributed by atoms with van der Waals surface area (Å²) in [5, 5.41) is 9.08. The Morgan fingerprint density at radius 2 is 1.93 bits per heavy atom. The molecule has 0 radical (unpaired) electrons. The molecule has 0 amide bonds. The summed E-state index contributed by atoms with van der Waals surface area (Å²) in [6.07, 6.45) is 4.29. The van der Waals surface area contributed by atoms with Crippen LogP contribution in [0, 0.1) is 0 Å². The van der Waals surface area contributed by atoms with Crippen LogP contribution in [0.4, 0.5) is 0 Å². The van der Waals surface area contributed by atoms with E-state index in [1.165, 1.54) is 6.26 Å². The number of unbranched alkanes of at least 4 members (excludes halogenated alkanes) is 1. The lowest BCUT2D eigenvalue weighted by atomic mass is 10.3. The maximum atomic E-state index is 9.08. The molecule has 0 spiro atoms. The summed E-state index contributed by atoms with van der Waals surface area (Å²) in [6, 6.07) is 0. The van der Waals surface area contributed by atoms with E-state index in [1.807, 2.05) is 6.92 Å². The van der Waals surface area contributed by atoms with Crippen LogP contribution in [0.1, 0.15) is 26.2 Å². The van der Waals surface area contributed by atoms with E-state index in [4.69, 9.17) is 9.84 Å². The second-order valence-corrected chi connectivity index (χ2v) is 4.55. The van der Waals surface area contributed by atoms with Gasteiger partial charge in [0.2, 0.25) is 0 Å². The fourth-order valence-corrected chi connectivity index (χ4v) is 1.01. The van der Waals surface area contributed by atoms with E-state index in [2.05, 4.69) is 21.1 Å². The SMILES string of the molecule is CCC(O)=COCCCC[N+](C)(C)C. The molecule has 0 rings (SSSR count). The zero-order valence-corrected chi connectivity index (χ0v) is 9.92. The van der Waals surface area contributed by atoms with Gasteiger partial charge in [0.05, 0.1) is 34.3 Å². The van der Waals surface area contributed by atoms with E-state index >= 15 is 0 Å². The first-order valence-electron chi connectivity index (χ1n) is 5.26. The zero-order chi connectivity index (χ0) is 11.0. The van der Waals surface area contributed by atoms with Gasteiger partial charge in [-0.15, -0.1) is 0 Å². The molecule has 0 aromatic rings. The highest BCUT2D eigenvalue weighted by atomic mass is 16.5.